The molecule has 1 atom stereocenters. The van der Waals surface area contributed by atoms with Gasteiger partial charge in [0.2, 0.25) is 5.91 Å². The van der Waals surface area contributed by atoms with Gasteiger partial charge in [-0.1, -0.05) is 0 Å². The van der Waals surface area contributed by atoms with Crippen molar-refractivity contribution in [1.82, 2.24) is 10.6 Å². The summed E-state index contributed by atoms with van der Waals surface area (Å²) in [5.74, 6) is -1.01. The summed E-state index contributed by atoms with van der Waals surface area (Å²) < 4.78 is 0. The van der Waals surface area contributed by atoms with Gasteiger partial charge in [-0.15, -0.1) is 0 Å². The molecule has 2 fully saturated rings. The molecule has 0 radical (unpaired) electrons. The van der Waals surface area contributed by atoms with Crippen molar-refractivity contribution in [2.24, 2.45) is 11.3 Å². The topological polar surface area (TPSA) is 78.4 Å². The summed E-state index contributed by atoms with van der Waals surface area (Å²) in [6.07, 6.45) is 3.01. The van der Waals surface area contributed by atoms with Crippen LogP contribution in [0.5, 0.6) is 0 Å². The van der Waals surface area contributed by atoms with E-state index in [1.807, 2.05) is 0 Å². The molecule has 1 unspecified atom stereocenters. The van der Waals surface area contributed by atoms with Gasteiger partial charge in [-0.3, -0.25) is 9.59 Å². The second kappa shape index (κ2) is 3.81. The molecular weight excluding hydrogens is 196 g/mol. The molecule has 15 heavy (non-hydrogen) atoms. The van der Waals surface area contributed by atoms with Gasteiger partial charge in [-0.05, 0) is 37.8 Å². The Labute approximate surface area is 88.2 Å². The van der Waals surface area contributed by atoms with Crippen LogP contribution in [0.4, 0.5) is 0 Å². The lowest BCUT2D eigenvalue weighted by molar-refractivity contribution is -0.138. The normalized spacial score (nSPS) is 27.3. The first-order valence-electron chi connectivity index (χ1n) is 5.34. The van der Waals surface area contributed by atoms with Gasteiger partial charge in [-0.25, -0.2) is 0 Å². The van der Waals surface area contributed by atoms with Crippen LogP contribution in [0.3, 0.4) is 0 Å². The number of rotatable bonds is 3. The van der Waals surface area contributed by atoms with E-state index in [1.165, 1.54) is 0 Å². The number of carbonyl (C=O) groups excluding carboxylic acids is 1. The van der Waals surface area contributed by atoms with E-state index in [0.29, 0.717) is 0 Å². The summed E-state index contributed by atoms with van der Waals surface area (Å²) in [5, 5.41) is 14.2. The van der Waals surface area contributed by atoms with Crippen LogP contribution in [0.1, 0.15) is 19.3 Å². The molecule has 2 rings (SSSR count). The van der Waals surface area contributed by atoms with Gasteiger partial charge in [0.25, 0.3) is 0 Å². The maximum atomic E-state index is 11.6. The molecule has 5 nitrogen and oxygen atoms in total. The lowest BCUT2D eigenvalue weighted by atomic mass is 9.92. The quantitative estimate of drug-likeness (QED) is 0.593. The Hall–Kier alpha value is -1.10. The van der Waals surface area contributed by atoms with Crippen molar-refractivity contribution in [3.05, 3.63) is 0 Å². The summed E-state index contributed by atoms with van der Waals surface area (Å²) in [7, 11) is 0. The van der Waals surface area contributed by atoms with Gasteiger partial charge < -0.3 is 15.7 Å². The summed E-state index contributed by atoms with van der Waals surface area (Å²) in [6, 6.07) is 0. The van der Waals surface area contributed by atoms with Crippen LogP contribution in [0.2, 0.25) is 0 Å². The number of piperidine rings is 1. The van der Waals surface area contributed by atoms with E-state index in [4.69, 9.17) is 5.11 Å². The van der Waals surface area contributed by atoms with Crippen LogP contribution in [0.15, 0.2) is 0 Å². The monoisotopic (exact) mass is 212 g/mol. The Morgan fingerprint density at radius 3 is 2.67 bits per heavy atom. The van der Waals surface area contributed by atoms with Crippen molar-refractivity contribution in [2.45, 2.75) is 19.3 Å². The average molecular weight is 212 g/mol. The second-order valence-corrected chi connectivity index (χ2v) is 4.48. The smallest absolute Gasteiger partial charge is 0.322 e. The Bertz CT molecular complexity index is 284. The van der Waals surface area contributed by atoms with E-state index in [9.17, 15) is 9.59 Å². The van der Waals surface area contributed by atoms with E-state index >= 15 is 0 Å². The molecule has 0 aromatic carbocycles. The molecular formula is C10H16N2O3. The average Bonchev–Trinajstić information content (AvgIpc) is 2.90. The van der Waals surface area contributed by atoms with Gasteiger partial charge in [0, 0.05) is 5.92 Å². The molecule has 1 amide bonds. The minimum absolute atomic E-state index is 0.0546. The van der Waals surface area contributed by atoms with Gasteiger partial charge >= 0.3 is 5.97 Å². The van der Waals surface area contributed by atoms with E-state index in [2.05, 4.69) is 10.6 Å². The summed E-state index contributed by atoms with van der Waals surface area (Å²) in [4.78, 5) is 21.9. The maximum absolute atomic E-state index is 11.6. The minimum atomic E-state index is -0.983. The number of carbonyl (C=O) groups is 2. The van der Waals surface area contributed by atoms with Gasteiger partial charge in [0.1, 0.15) is 6.54 Å². The summed E-state index contributed by atoms with van der Waals surface area (Å²) in [5.41, 5.74) is 0.188. The highest BCUT2D eigenvalue weighted by Gasteiger charge is 2.57. The summed E-state index contributed by atoms with van der Waals surface area (Å²) >= 11 is 0. The number of carboxylic acid groups (broad SMARTS) is 1. The fraction of sp³-hybridized carbons (Fsp3) is 0.800. The Morgan fingerprint density at radius 2 is 2.07 bits per heavy atom. The third kappa shape index (κ3) is 2.12. The molecule has 1 saturated carbocycles. The van der Waals surface area contributed by atoms with Gasteiger partial charge in [-0.2, -0.15) is 0 Å². The lowest BCUT2D eigenvalue weighted by Gasteiger charge is -2.23. The Balaban J connectivity index is 1.81. The molecule has 3 N–H and O–H groups in total. The largest absolute Gasteiger partial charge is 0.480 e. The highest BCUT2D eigenvalue weighted by Crippen LogP contribution is 2.58. The molecule has 0 bridgehead atoms. The van der Waals surface area contributed by atoms with Crippen molar-refractivity contribution in [2.75, 3.05) is 19.6 Å². The zero-order valence-electron chi connectivity index (χ0n) is 8.58. The van der Waals surface area contributed by atoms with Crippen molar-refractivity contribution in [3.63, 3.8) is 0 Å². The van der Waals surface area contributed by atoms with Crippen LogP contribution in [0, 0.1) is 11.3 Å². The maximum Gasteiger partial charge on any atom is 0.322 e. The van der Waals surface area contributed by atoms with Crippen LogP contribution >= 0.6 is 0 Å². The zero-order chi connectivity index (χ0) is 10.9. The van der Waals surface area contributed by atoms with E-state index < -0.39 is 5.97 Å². The summed E-state index contributed by atoms with van der Waals surface area (Å²) in [6.45, 7) is 1.69. The molecule has 1 spiro atoms. The van der Waals surface area contributed by atoms with Crippen LogP contribution < -0.4 is 10.6 Å². The minimum Gasteiger partial charge on any atom is -0.480 e. The molecule has 1 saturated heterocycles. The molecule has 1 heterocycles. The number of nitrogens with one attached hydrogen (secondary N) is 2. The SMILES string of the molecule is O=C(O)CNC(=O)C1CC12CCNCC2. The number of carboxylic acids is 1. The first-order valence-corrected chi connectivity index (χ1v) is 5.34. The molecule has 0 aromatic rings. The van der Waals surface area contributed by atoms with Crippen LogP contribution in [-0.4, -0.2) is 36.6 Å². The highest BCUT2D eigenvalue weighted by molar-refractivity contribution is 5.85. The lowest BCUT2D eigenvalue weighted by Crippen LogP contribution is -2.35. The Kier molecular flexibility index (Phi) is 2.65. The number of hydrogen-bond acceptors (Lipinski definition) is 3. The number of hydrogen-bond donors (Lipinski definition) is 3. The van der Waals surface area contributed by atoms with Crippen molar-refractivity contribution >= 4 is 11.9 Å². The van der Waals surface area contributed by atoms with Crippen LogP contribution in [-0.2, 0) is 9.59 Å². The van der Waals surface area contributed by atoms with Crippen molar-refractivity contribution in [3.8, 4) is 0 Å². The molecule has 2 aliphatic rings. The molecule has 5 heteroatoms. The molecule has 1 aliphatic heterocycles. The first-order chi connectivity index (χ1) is 7.14. The van der Waals surface area contributed by atoms with Crippen molar-refractivity contribution in [1.29, 1.82) is 0 Å². The zero-order valence-corrected chi connectivity index (χ0v) is 8.58. The van der Waals surface area contributed by atoms with Crippen molar-refractivity contribution < 1.29 is 14.7 Å². The van der Waals surface area contributed by atoms with E-state index in [1.54, 1.807) is 0 Å². The molecule has 0 aromatic heterocycles. The standard InChI is InChI=1S/C10H16N2O3/c13-8(14)6-12-9(15)7-5-10(7)1-3-11-4-2-10/h7,11H,1-6H2,(H,12,15)(H,13,14). The van der Waals surface area contributed by atoms with Gasteiger partial charge in [0.15, 0.2) is 0 Å². The second-order valence-electron chi connectivity index (χ2n) is 4.48. The van der Waals surface area contributed by atoms with Crippen LogP contribution in [0.25, 0.3) is 0 Å². The number of aliphatic carboxylic acids is 1. The van der Waals surface area contributed by atoms with E-state index in [-0.39, 0.29) is 23.8 Å². The fourth-order valence-corrected chi connectivity index (χ4v) is 2.48. The molecule has 1 aliphatic carbocycles. The van der Waals surface area contributed by atoms with Gasteiger partial charge in [0.05, 0.1) is 0 Å². The fourth-order valence-electron chi connectivity index (χ4n) is 2.48. The third-order valence-corrected chi connectivity index (χ3v) is 3.52. The third-order valence-electron chi connectivity index (χ3n) is 3.52. The highest BCUT2D eigenvalue weighted by atomic mass is 16.4. The molecule has 84 valence electrons. The predicted molar refractivity (Wildman–Crippen MR) is 53.3 cm³/mol. The predicted octanol–water partition coefficient (Wildman–Crippen LogP) is -0.423. The van der Waals surface area contributed by atoms with E-state index in [0.717, 1.165) is 32.4 Å². The number of amides is 1. The Morgan fingerprint density at radius 1 is 1.40 bits per heavy atom. The first kappa shape index (κ1) is 10.4.